The van der Waals surface area contributed by atoms with E-state index in [1.165, 1.54) is 11.4 Å². The van der Waals surface area contributed by atoms with Gasteiger partial charge in [-0.15, -0.1) is 37.2 Å². The molecule has 2 saturated heterocycles. The van der Waals surface area contributed by atoms with Crippen molar-refractivity contribution in [3.05, 3.63) is 24.3 Å². The third-order valence-electron chi connectivity index (χ3n) is 3.71. The zero-order valence-electron chi connectivity index (χ0n) is 12.0. The molecule has 2 aliphatic heterocycles. The van der Waals surface area contributed by atoms with Gasteiger partial charge in [-0.25, -0.2) is 0 Å². The smallest absolute Gasteiger partial charge is 0.0642 e. The second-order valence-corrected chi connectivity index (χ2v) is 4.85. The summed E-state index contributed by atoms with van der Waals surface area (Å²) in [7, 11) is 0. The van der Waals surface area contributed by atoms with Gasteiger partial charge in [0.15, 0.2) is 0 Å². The summed E-state index contributed by atoms with van der Waals surface area (Å²) in [6, 6.07) is 8.97. The SMILES string of the molecule is Cl.Cl.Cl.c1cc(N2CCOCC2)ccc1N1CCNCC1. The van der Waals surface area contributed by atoms with Crippen LogP contribution in [0.15, 0.2) is 24.3 Å². The van der Waals surface area contributed by atoms with E-state index >= 15 is 0 Å². The van der Waals surface area contributed by atoms with Gasteiger partial charge >= 0.3 is 0 Å². The van der Waals surface area contributed by atoms with Crippen LogP contribution in [-0.2, 0) is 4.74 Å². The van der Waals surface area contributed by atoms with Crippen LogP contribution in [0.5, 0.6) is 0 Å². The summed E-state index contributed by atoms with van der Waals surface area (Å²) in [5.41, 5.74) is 2.66. The molecule has 122 valence electrons. The Hall–Kier alpha value is -0.390. The van der Waals surface area contributed by atoms with Crippen LogP contribution in [0, 0.1) is 0 Å². The third-order valence-corrected chi connectivity index (χ3v) is 3.71. The average molecular weight is 357 g/mol. The first-order valence-electron chi connectivity index (χ1n) is 6.82. The van der Waals surface area contributed by atoms with Crippen molar-refractivity contribution >= 4 is 48.6 Å². The molecule has 2 heterocycles. The summed E-state index contributed by atoms with van der Waals surface area (Å²) in [5.74, 6) is 0. The van der Waals surface area contributed by atoms with Crippen LogP contribution >= 0.6 is 37.2 Å². The number of hydrogen-bond acceptors (Lipinski definition) is 4. The minimum atomic E-state index is 0. The number of halogens is 3. The first kappa shape index (κ1) is 20.6. The van der Waals surface area contributed by atoms with Gasteiger partial charge < -0.3 is 19.9 Å². The molecule has 0 spiro atoms. The maximum atomic E-state index is 5.38. The summed E-state index contributed by atoms with van der Waals surface area (Å²) in [5, 5.41) is 3.38. The molecule has 2 aliphatic rings. The highest BCUT2D eigenvalue weighted by atomic mass is 35.5. The topological polar surface area (TPSA) is 27.7 Å². The maximum Gasteiger partial charge on any atom is 0.0642 e. The number of nitrogens with zero attached hydrogens (tertiary/aromatic N) is 2. The molecule has 0 atom stereocenters. The predicted octanol–water partition coefficient (Wildman–Crippen LogP) is 2.20. The number of anilines is 2. The fourth-order valence-corrected chi connectivity index (χ4v) is 2.62. The summed E-state index contributed by atoms with van der Waals surface area (Å²) < 4.78 is 5.38. The molecule has 2 fully saturated rings. The van der Waals surface area contributed by atoms with Crippen LogP contribution in [0.3, 0.4) is 0 Å². The zero-order chi connectivity index (χ0) is 12.2. The normalized spacial score (nSPS) is 18.1. The Morgan fingerprint density at radius 1 is 0.714 bits per heavy atom. The lowest BCUT2D eigenvalue weighted by atomic mass is 10.2. The highest BCUT2D eigenvalue weighted by Crippen LogP contribution is 2.21. The van der Waals surface area contributed by atoms with Gasteiger partial charge in [-0.1, -0.05) is 0 Å². The number of piperazine rings is 1. The quantitative estimate of drug-likeness (QED) is 0.879. The molecule has 21 heavy (non-hydrogen) atoms. The lowest BCUT2D eigenvalue weighted by Gasteiger charge is -2.31. The first-order chi connectivity index (χ1) is 8.93. The number of ether oxygens (including phenoxy) is 1. The van der Waals surface area contributed by atoms with Crippen molar-refractivity contribution in [1.82, 2.24) is 5.32 Å². The monoisotopic (exact) mass is 355 g/mol. The van der Waals surface area contributed by atoms with Gasteiger partial charge in [-0.3, -0.25) is 0 Å². The van der Waals surface area contributed by atoms with Gasteiger partial charge in [0.2, 0.25) is 0 Å². The van der Waals surface area contributed by atoms with Gasteiger partial charge in [-0.2, -0.15) is 0 Å². The average Bonchev–Trinajstić information content (AvgIpc) is 2.49. The van der Waals surface area contributed by atoms with E-state index in [4.69, 9.17) is 4.74 Å². The molecule has 1 aromatic rings. The fraction of sp³-hybridized carbons (Fsp3) is 0.571. The Morgan fingerprint density at radius 3 is 1.62 bits per heavy atom. The molecule has 0 aromatic heterocycles. The van der Waals surface area contributed by atoms with Gasteiger partial charge in [0, 0.05) is 50.6 Å². The number of hydrogen-bond donors (Lipinski definition) is 1. The van der Waals surface area contributed by atoms with E-state index in [0.29, 0.717) is 0 Å². The fourth-order valence-electron chi connectivity index (χ4n) is 2.62. The van der Waals surface area contributed by atoms with Crippen molar-refractivity contribution in [1.29, 1.82) is 0 Å². The first-order valence-corrected chi connectivity index (χ1v) is 6.82. The number of nitrogens with one attached hydrogen (secondary N) is 1. The molecule has 0 saturated carbocycles. The molecule has 1 N–H and O–H groups in total. The molecule has 3 rings (SSSR count). The van der Waals surface area contributed by atoms with E-state index < -0.39 is 0 Å². The molecule has 7 heteroatoms. The Bertz CT molecular complexity index is 343. The molecule has 0 radical (unpaired) electrons. The molecule has 0 unspecified atom stereocenters. The van der Waals surface area contributed by atoms with Crippen molar-refractivity contribution < 1.29 is 4.74 Å². The van der Waals surface area contributed by atoms with Crippen molar-refractivity contribution in [2.45, 2.75) is 0 Å². The molecule has 0 amide bonds. The minimum Gasteiger partial charge on any atom is -0.378 e. The van der Waals surface area contributed by atoms with Crippen LogP contribution in [0.4, 0.5) is 11.4 Å². The van der Waals surface area contributed by atoms with Crippen molar-refractivity contribution in [2.75, 3.05) is 62.3 Å². The third kappa shape index (κ3) is 5.38. The molecular weight excluding hydrogens is 333 g/mol. The number of rotatable bonds is 2. The Labute approximate surface area is 145 Å². The Kier molecular flexibility index (Phi) is 10.2. The largest absolute Gasteiger partial charge is 0.378 e. The van der Waals surface area contributed by atoms with Crippen LogP contribution < -0.4 is 15.1 Å². The van der Waals surface area contributed by atoms with Crippen LogP contribution in [0.25, 0.3) is 0 Å². The van der Waals surface area contributed by atoms with Crippen LogP contribution in [-0.4, -0.2) is 52.5 Å². The Morgan fingerprint density at radius 2 is 1.14 bits per heavy atom. The van der Waals surface area contributed by atoms with Crippen LogP contribution in [0.2, 0.25) is 0 Å². The van der Waals surface area contributed by atoms with E-state index in [2.05, 4.69) is 39.4 Å². The van der Waals surface area contributed by atoms with Gasteiger partial charge in [0.05, 0.1) is 13.2 Å². The second kappa shape index (κ2) is 10.4. The predicted molar refractivity (Wildman–Crippen MR) is 96.3 cm³/mol. The molecule has 0 aliphatic carbocycles. The lowest BCUT2D eigenvalue weighted by molar-refractivity contribution is 0.122. The van der Waals surface area contributed by atoms with Crippen molar-refractivity contribution in [3.63, 3.8) is 0 Å². The Balaban J connectivity index is 0.00000133. The van der Waals surface area contributed by atoms with E-state index in [1.54, 1.807) is 0 Å². The minimum absolute atomic E-state index is 0. The lowest BCUT2D eigenvalue weighted by Crippen LogP contribution is -2.43. The van der Waals surface area contributed by atoms with Crippen LogP contribution in [0.1, 0.15) is 0 Å². The summed E-state index contributed by atoms with van der Waals surface area (Å²) >= 11 is 0. The van der Waals surface area contributed by atoms with Crippen molar-refractivity contribution in [2.24, 2.45) is 0 Å². The summed E-state index contributed by atoms with van der Waals surface area (Å²) in [4.78, 5) is 4.84. The van der Waals surface area contributed by atoms with Gasteiger partial charge in [-0.05, 0) is 24.3 Å². The highest BCUT2D eigenvalue weighted by Gasteiger charge is 2.13. The van der Waals surface area contributed by atoms with E-state index in [1.807, 2.05) is 0 Å². The maximum absolute atomic E-state index is 5.38. The zero-order valence-corrected chi connectivity index (χ0v) is 14.4. The standard InChI is InChI=1S/C14H21N3O.3ClH/c1-3-14(17-9-11-18-12-10-17)4-2-13(1)16-7-5-15-6-8-16;;;/h1-4,15H,5-12H2;3*1H. The highest BCUT2D eigenvalue weighted by molar-refractivity contribution is 5.86. The molecule has 4 nitrogen and oxygen atoms in total. The van der Waals surface area contributed by atoms with E-state index in [0.717, 1.165) is 52.5 Å². The molecule has 0 bridgehead atoms. The summed E-state index contributed by atoms with van der Waals surface area (Å²) in [6.07, 6.45) is 0. The molecular formula is C14H24Cl3N3O. The second-order valence-electron chi connectivity index (χ2n) is 4.85. The van der Waals surface area contributed by atoms with E-state index in [9.17, 15) is 0 Å². The number of benzene rings is 1. The summed E-state index contributed by atoms with van der Waals surface area (Å²) in [6.45, 7) is 8.10. The van der Waals surface area contributed by atoms with Gasteiger partial charge in [0.25, 0.3) is 0 Å². The number of morpholine rings is 1. The van der Waals surface area contributed by atoms with E-state index in [-0.39, 0.29) is 37.2 Å². The van der Waals surface area contributed by atoms with Gasteiger partial charge in [0.1, 0.15) is 0 Å². The van der Waals surface area contributed by atoms with Crippen molar-refractivity contribution in [3.8, 4) is 0 Å². The molecule has 1 aromatic carbocycles.